The molecule has 12 heteroatoms. The molecule has 25 heavy (non-hydrogen) atoms. The molecule has 0 N–H and O–H groups in total. The van der Waals surface area contributed by atoms with Crippen LogP contribution in [0.1, 0.15) is 17.9 Å². The van der Waals surface area contributed by atoms with Gasteiger partial charge in [-0.15, -0.1) is 0 Å². The maximum Gasteiger partial charge on any atom is 0.534 e. The SMILES string of the molecule is COc1cc2c(c(OC=O)c1OS(=O)(=O)C(F)(F)F)[C@@H]1CCO[C@@H]1O2. The van der Waals surface area contributed by atoms with Crippen LogP contribution in [0.4, 0.5) is 13.2 Å². The van der Waals surface area contributed by atoms with Crippen LogP contribution in [0.5, 0.6) is 23.0 Å². The largest absolute Gasteiger partial charge is 0.534 e. The first-order chi connectivity index (χ1) is 11.7. The van der Waals surface area contributed by atoms with Gasteiger partial charge in [-0.1, -0.05) is 0 Å². The average molecular weight is 384 g/mol. The van der Waals surface area contributed by atoms with Crippen LogP contribution < -0.4 is 18.4 Å². The van der Waals surface area contributed by atoms with E-state index < -0.39 is 45.1 Å². The molecule has 0 spiro atoms. The highest BCUT2D eigenvalue weighted by Crippen LogP contribution is 2.55. The highest BCUT2D eigenvalue weighted by Gasteiger charge is 2.51. The van der Waals surface area contributed by atoms with Crippen LogP contribution in [0.15, 0.2) is 6.07 Å². The summed E-state index contributed by atoms with van der Waals surface area (Å²) < 4.78 is 85.3. The minimum atomic E-state index is -6.01. The van der Waals surface area contributed by atoms with E-state index in [0.29, 0.717) is 13.0 Å². The van der Waals surface area contributed by atoms with Gasteiger partial charge in [-0.05, 0) is 6.42 Å². The minimum Gasteiger partial charge on any atom is -0.493 e. The fraction of sp³-hybridized carbons (Fsp3) is 0.462. The zero-order valence-electron chi connectivity index (χ0n) is 12.5. The first-order valence-corrected chi connectivity index (χ1v) is 8.24. The summed E-state index contributed by atoms with van der Waals surface area (Å²) in [5.74, 6) is -2.13. The highest BCUT2D eigenvalue weighted by atomic mass is 32.2. The zero-order valence-corrected chi connectivity index (χ0v) is 13.3. The van der Waals surface area contributed by atoms with Gasteiger partial charge in [0.05, 0.1) is 25.2 Å². The van der Waals surface area contributed by atoms with Gasteiger partial charge in [0.1, 0.15) is 5.75 Å². The van der Waals surface area contributed by atoms with Crippen LogP contribution in [-0.4, -0.2) is 40.4 Å². The van der Waals surface area contributed by atoms with Crippen molar-refractivity contribution in [2.24, 2.45) is 0 Å². The summed E-state index contributed by atoms with van der Waals surface area (Å²) in [4.78, 5) is 10.8. The summed E-state index contributed by atoms with van der Waals surface area (Å²) in [6, 6.07) is 1.15. The predicted molar refractivity (Wildman–Crippen MR) is 73.0 cm³/mol. The molecule has 0 radical (unpaired) electrons. The number of methoxy groups -OCH3 is 1. The molecule has 138 valence electrons. The number of halogens is 3. The third-order valence-electron chi connectivity index (χ3n) is 3.72. The van der Waals surface area contributed by atoms with E-state index in [2.05, 4.69) is 4.18 Å². The van der Waals surface area contributed by atoms with Gasteiger partial charge in [0.15, 0.2) is 11.5 Å². The predicted octanol–water partition coefficient (Wildman–Crippen LogP) is 1.68. The lowest BCUT2D eigenvalue weighted by Crippen LogP contribution is -2.28. The molecule has 1 fully saturated rings. The smallest absolute Gasteiger partial charge is 0.493 e. The molecular formula is C13H11F3O8S. The van der Waals surface area contributed by atoms with E-state index in [-0.39, 0.29) is 17.8 Å². The van der Waals surface area contributed by atoms with Crippen molar-refractivity contribution in [3.63, 3.8) is 0 Å². The second-order valence-corrected chi connectivity index (χ2v) is 6.64. The van der Waals surface area contributed by atoms with Crippen molar-refractivity contribution >= 4 is 16.6 Å². The van der Waals surface area contributed by atoms with Gasteiger partial charge >= 0.3 is 15.6 Å². The summed E-state index contributed by atoms with van der Waals surface area (Å²) in [5.41, 5.74) is -5.49. The normalized spacial score (nSPS) is 21.9. The van der Waals surface area contributed by atoms with Crippen molar-refractivity contribution in [3.8, 4) is 23.0 Å². The lowest BCUT2D eigenvalue weighted by molar-refractivity contribution is -0.120. The van der Waals surface area contributed by atoms with Gasteiger partial charge in [0.2, 0.25) is 12.0 Å². The van der Waals surface area contributed by atoms with Crippen LogP contribution >= 0.6 is 0 Å². The fourth-order valence-corrected chi connectivity index (χ4v) is 3.17. The van der Waals surface area contributed by atoms with Crippen LogP contribution in [0.25, 0.3) is 0 Å². The number of ether oxygens (including phenoxy) is 4. The van der Waals surface area contributed by atoms with E-state index in [1.54, 1.807) is 0 Å². The Hall–Kier alpha value is -2.21. The summed E-state index contributed by atoms with van der Waals surface area (Å²) in [6.07, 6.45) is -0.284. The number of hydrogen-bond acceptors (Lipinski definition) is 8. The second kappa shape index (κ2) is 5.95. The van der Waals surface area contributed by atoms with Gasteiger partial charge in [-0.2, -0.15) is 21.6 Å². The first-order valence-electron chi connectivity index (χ1n) is 6.83. The van der Waals surface area contributed by atoms with E-state index >= 15 is 0 Å². The molecule has 1 saturated heterocycles. The van der Waals surface area contributed by atoms with Crippen LogP contribution in [-0.2, 0) is 19.6 Å². The van der Waals surface area contributed by atoms with Crippen LogP contribution in [0.2, 0.25) is 0 Å². The second-order valence-electron chi connectivity index (χ2n) is 5.10. The van der Waals surface area contributed by atoms with E-state index in [4.69, 9.17) is 18.9 Å². The molecule has 2 atom stereocenters. The van der Waals surface area contributed by atoms with Crippen molar-refractivity contribution in [3.05, 3.63) is 11.6 Å². The number of fused-ring (bicyclic) bond motifs is 3. The number of alkyl halides is 3. The molecule has 0 amide bonds. The first kappa shape index (κ1) is 17.6. The molecule has 0 aromatic heterocycles. The maximum atomic E-state index is 12.7. The Kier molecular flexibility index (Phi) is 4.19. The van der Waals surface area contributed by atoms with Gasteiger partial charge in [0.25, 0.3) is 6.47 Å². The average Bonchev–Trinajstić information content (AvgIpc) is 3.08. The number of carbonyl (C=O) groups excluding carboxylic acids is 1. The Bertz CT molecular complexity index is 804. The van der Waals surface area contributed by atoms with Gasteiger partial charge in [-0.3, -0.25) is 4.79 Å². The maximum absolute atomic E-state index is 12.7. The van der Waals surface area contributed by atoms with Crippen molar-refractivity contribution in [1.82, 2.24) is 0 Å². The molecular weight excluding hydrogens is 373 g/mol. The molecule has 2 heterocycles. The Morgan fingerprint density at radius 1 is 1.32 bits per heavy atom. The Morgan fingerprint density at radius 3 is 2.64 bits per heavy atom. The lowest BCUT2D eigenvalue weighted by Gasteiger charge is -2.17. The molecule has 0 saturated carbocycles. The van der Waals surface area contributed by atoms with Gasteiger partial charge < -0.3 is 23.1 Å². The standard InChI is InChI=1S/C13H11F3O8S/c1-20-8-4-7-9(6-2-3-21-12(6)23-7)11(22-5-17)10(8)24-25(18,19)13(14,15)16/h4-6,12H,2-3H2,1H3/t6-,12+/m0/s1. The van der Waals surface area contributed by atoms with E-state index in [1.807, 2.05) is 0 Å². The topological polar surface area (TPSA) is 97.4 Å². The molecule has 3 rings (SSSR count). The third kappa shape index (κ3) is 2.84. The molecule has 2 aliphatic rings. The summed E-state index contributed by atoms with van der Waals surface area (Å²) in [5, 5.41) is 0. The van der Waals surface area contributed by atoms with Crippen molar-refractivity contribution < 1.29 is 49.5 Å². The summed E-state index contributed by atoms with van der Waals surface area (Å²) in [7, 11) is -4.94. The van der Waals surface area contributed by atoms with Crippen LogP contribution in [0.3, 0.4) is 0 Å². The fourth-order valence-electron chi connectivity index (χ4n) is 2.69. The molecule has 2 aliphatic heterocycles. The number of rotatable bonds is 5. The lowest BCUT2D eigenvalue weighted by atomic mass is 9.97. The van der Waals surface area contributed by atoms with Crippen molar-refractivity contribution in [2.45, 2.75) is 24.1 Å². The number of carbonyl (C=O) groups is 1. The molecule has 0 unspecified atom stereocenters. The van der Waals surface area contributed by atoms with Gasteiger partial charge in [-0.25, -0.2) is 0 Å². The molecule has 1 aromatic rings. The number of benzene rings is 1. The number of hydrogen-bond donors (Lipinski definition) is 0. The Balaban J connectivity index is 2.17. The van der Waals surface area contributed by atoms with E-state index in [0.717, 1.165) is 13.2 Å². The zero-order chi connectivity index (χ0) is 18.4. The monoisotopic (exact) mass is 384 g/mol. The van der Waals surface area contributed by atoms with E-state index in [1.165, 1.54) is 0 Å². The molecule has 1 aromatic carbocycles. The molecule has 0 bridgehead atoms. The van der Waals surface area contributed by atoms with Crippen molar-refractivity contribution in [2.75, 3.05) is 13.7 Å². The Morgan fingerprint density at radius 2 is 2.04 bits per heavy atom. The van der Waals surface area contributed by atoms with Gasteiger partial charge in [0, 0.05) is 6.07 Å². The quantitative estimate of drug-likeness (QED) is 0.430. The highest BCUT2D eigenvalue weighted by molar-refractivity contribution is 7.88. The Labute approximate surface area is 139 Å². The summed E-state index contributed by atoms with van der Waals surface area (Å²) >= 11 is 0. The minimum absolute atomic E-state index is 0.0642. The van der Waals surface area contributed by atoms with Crippen LogP contribution in [0, 0.1) is 0 Å². The summed E-state index contributed by atoms with van der Waals surface area (Å²) in [6.45, 7) is 0.254. The third-order valence-corrected chi connectivity index (χ3v) is 4.67. The van der Waals surface area contributed by atoms with Crippen molar-refractivity contribution in [1.29, 1.82) is 0 Å². The molecule has 0 aliphatic carbocycles. The molecule has 8 nitrogen and oxygen atoms in total. The van der Waals surface area contributed by atoms with E-state index in [9.17, 15) is 26.4 Å².